The number of methoxy groups -OCH3 is 1. The summed E-state index contributed by atoms with van der Waals surface area (Å²) in [5.41, 5.74) is 0.172. The van der Waals surface area contributed by atoms with Gasteiger partial charge in [0.05, 0.1) is 6.10 Å². The molecule has 0 saturated carbocycles. The third kappa shape index (κ3) is 6.57. The van der Waals surface area contributed by atoms with Crippen molar-refractivity contribution in [1.29, 1.82) is 0 Å². The first-order valence-corrected chi connectivity index (χ1v) is 7.19. The van der Waals surface area contributed by atoms with Crippen molar-refractivity contribution in [1.82, 2.24) is 15.5 Å². The summed E-state index contributed by atoms with van der Waals surface area (Å²) in [4.78, 5) is 6.45. The smallest absolute Gasteiger partial charge is 0.191 e. The van der Waals surface area contributed by atoms with Gasteiger partial charge < -0.3 is 20.3 Å². The SMILES string of the molecule is CN=C(NCC(OC)C(C)(C)C)NCC(C)(C)N(C)C. The van der Waals surface area contributed by atoms with Crippen LogP contribution >= 0.6 is 0 Å². The number of nitrogens with one attached hydrogen (secondary N) is 2. The summed E-state index contributed by atoms with van der Waals surface area (Å²) in [5, 5.41) is 6.70. The fourth-order valence-electron chi connectivity index (χ4n) is 1.61. The molecule has 0 radical (unpaired) electrons. The summed E-state index contributed by atoms with van der Waals surface area (Å²) in [6.07, 6.45) is 0.142. The van der Waals surface area contributed by atoms with Crippen molar-refractivity contribution in [2.75, 3.05) is 41.3 Å². The lowest BCUT2D eigenvalue weighted by Gasteiger charge is -2.34. The molecule has 20 heavy (non-hydrogen) atoms. The number of rotatable bonds is 6. The highest BCUT2D eigenvalue weighted by Gasteiger charge is 2.25. The molecule has 0 fully saturated rings. The standard InChI is InChI=1S/C15H34N4O/c1-14(2,3)12(20-9)10-17-13(16-6)18-11-15(4,5)19(7)8/h12H,10-11H2,1-9H3,(H2,16,17,18). The molecule has 5 heteroatoms. The van der Waals surface area contributed by atoms with Gasteiger partial charge in [-0.25, -0.2) is 0 Å². The topological polar surface area (TPSA) is 48.9 Å². The first-order valence-electron chi connectivity index (χ1n) is 7.19. The van der Waals surface area contributed by atoms with E-state index in [-0.39, 0.29) is 17.1 Å². The Labute approximate surface area is 125 Å². The Morgan fingerprint density at radius 2 is 1.70 bits per heavy atom. The van der Waals surface area contributed by atoms with Crippen LogP contribution in [0.15, 0.2) is 4.99 Å². The van der Waals surface area contributed by atoms with Crippen molar-refractivity contribution < 1.29 is 4.74 Å². The van der Waals surface area contributed by atoms with Crippen LogP contribution in [0.5, 0.6) is 0 Å². The average molecular weight is 286 g/mol. The van der Waals surface area contributed by atoms with Crippen molar-refractivity contribution in [3.8, 4) is 0 Å². The maximum absolute atomic E-state index is 5.54. The normalized spacial score (nSPS) is 15.4. The third-order valence-electron chi connectivity index (χ3n) is 3.83. The van der Waals surface area contributed by atoms with Gasteiger partial charge >= 0.3 is 0 Å². The summed E-state index contributed by atoms with van der Waals surface area (Å²) in [6.45, 7) is 12.5. The molecule has 1 unspecified atom stereocenters. The molecule has 5 nitrogen and oxygen atoms in total. The molecule has 0 aromatic carbocycles. The maximum atomic E-state index is 5.54. The van der Waals surface area contributed by atoms with E-state index in [1.165, 1.54) is 0 Å². The second-order valence-corrected chi connectivity index (χ2v) is 7.10. The van der Waals surface area contributed by atoms with E-state index in [0.29, 0.717) is 0 Å². The Kier molecular flexibility index (Phi) is 7.52. The molecular weight excluding hydrogens is 252 g/mol. The molecule has 1 atom stereocenters. The fourth-order valence-corrected chi connectivity index (χ4v) is 1.61. The highest BCUT2D eigenvalue weighted by Crippen LogP contribution is 2.20. The van der Waals surface area contributed by atoms with Crippen LogP contribution in [0.1, 0.15) is 34.6 Å². The van der Waals surface area contributed by atoms with E-state index in [2.05, 4.69) is 69.2 Å². The van der Waals surface area contributed by atoms with Gasteiger partial charge in [0.2, 0.25) is 0 Å². The van der Waals surface area contributed by atoms with Crippen molar-refractivity contribution in [3.63, 3.8) is 0 Å². The van der Waals surface area contributed by atoms with E-state index < -0.39 is 0 Å². The summed E-state index contributed by atoms with van der Waals surface area (Å²) >= 11 is 0. The lowest BCUT2D eigenvalue weighted by Crippen LogP contribution is -2.52. The van der Waals surface area contributed by atoms with E-state index in [1.807, 2.05) is 0 Å². The zero-order valence-electron chi connectivity index (χ0n) is 14.8. The minimum atomic E-state index is 0.0717. The van der Waals surface area contributed by atoms with Crippen LogP contribution in [-0.2, 0) is 4.74 Å². The highest BCUT2D eigenvalue weighted by molar-refractivity contribution is 5.79. The minimum absolute atomic E-state index is 0.0717. The van der Waals surface area contributed by atoms with Gasteiger partial charge in [0.1, 0.15) is 0 Å². The Morgan fingerprint density at radius 3 is 2.05 bits per heavy atom. The van der Waals surface area contributed by atoms with Gasteiger partial charge in [-0.2, -0.15) is 0 Å². The van der Waals surface area contributed by atoms with Crippen LogP contribution in [0.4, 0.5) is 0 Å². The molecule has 0 aliphatic carbocycles. The van der Waals surface area contributed by atoms with Crippen molar-refractivity contribution in [2.45, 2.75) is 46.3 Å². The van der Waals surface area contributed by atoms with E-state index >= 15 is 0 Å². The number of aliphatic imine (C=N–C) groups is 1. The molecule has 0 aliphatic rings. The molecule has 0 spiro atoms. The van der Waals surface area contributed by atoms with Gasteiger partial charge in [0, 0.05) is 32.8 Å². The van der Waals surface area contributed by atoms with Crippen LogP contribution in [0, 0.1) is 5.41 Å². The molecule has 0 bridgehead atoms. The highest BCUT2D eigenvalue weighted by atomic mass is 16.5. The van der Waals surface area contributed by atoms with Crippen LogP contribution in [0.2, 0.25) is 0 Å². The molecule has 0 rings (SSSR count). The van der Waals surface area contributed by atoms with Gasteiger partial charge in [-0.05, 0) is 33.4 Å². The average Bonchev–Trinajstić information content (AvgIpc) is 2.31. The summed E-state index contributed by atoms with van der Waals surface area (Å²) in [5.74, 6) is 0.811. The molecular formula is C15H34N4O. The van der Waals surface area contributed by atoms with Crippen LogP contribution in [-0.4, -0.2) is 63.8 Å². The number of hydrogen-bond donors (Lipinski definition) is 2. The molecule has 2 N–H and O–H groups in total. The molecule has 0 aliphatic heterocycles. The lowest BCUT2D eigenvalue weighted by atomic mass is 9.89. The Balaban J connectivity index is 4.38. The Bertz CT molecular complexity index is 305. The third-order valence-corrected chi connectivity index (χ3v) is 3.83. The summed E-state index contributed by atoms with van der Waals surface area (Å²) < 4.78 is 5.54. The first kappa shape index (κ1) is 19.2. The van der Waals surface area contributed by atoms with Crippen LogP contribution < -0.4 is 10.6 Å². The summed E-state index contributed by atoms with van der Waals surface area (Å²) in [6, 6.07) is 0. The van der Waals surface area contributed by atoms with E-state index in [1.54, 1.807) is 14.2 Å². The molecule has 120 valence electrons. The molecule has 0 saturated heterocycles. The van der Waals surface area contributed by atoms with Crippen LogP contribution in [0.3, 0.4) is 0 Å². The van der Waals surface area contributed by atoms with Gasteiger partial charge in [0.25, 0.3) is 0 Å². The molecule has 0 aromatic rings. The first-order chi connectivity index (χ1) is 9.04. The second kappa shape index (κ2) is 7.84. The zero-order chi connectivity index (χ0) is 16.0. The van der Waals surface area contributed by atoms with Gasteiger partial charge in [0.15, 0.2) is 5.96 Å². The van der Waals surface area contributed by atoms with Gasteiger partial charge in [-0.15, -0.1) is 0 Å². The molecule has 0 aromatic heterocycles. The van der Waals surface area contributed by atoms with E-state index in [9.17, 15) is 0 Å². The largest absolute Gasteiger partial charge is 0.379 e. The number of likely N-dealkylation sites (N-methyl/N-ethyl adjacent to an activating group) is 1. The quantitative estimate of drug-likeness (QED) is 0.574. The van der Waals surface area contributed by atoms with E-state index in [4.69, 9.17) is 4.74 Å². The molecule has 0 heterocycles. The van der Waals surface area contributed by atoms with Crippen LogP contribution in [0.25, 0.3) is 0 Å². The predicted molar refractivity (Wildman–Crippen MR) is 87.4 cm³/mol. The number of guanidine groups is 1. The fraction of sp³-hybridized carbons (Fsp3) is 0.933. The number of hydrogen-bond acceptors (Lipinski definition) is 3. The van der Waals surface area contributed by atoms with Crippen molar-refractivity contribution in [3.05, 3.63) is 0 Å². The number of nitrogens with zero attached hydrogens (tertiary/aromatic N) is 2. The Morgan fingerprint density at radius 1 is 1.15 bits per heavy atom. The monoisotopic (exact) mass is 286 g/mol. The summed E-state index contributed by atoms with van der Waals surface area (Å²) in [7, 11) is 7.71. The molecule has 0 amide bonds. The lowest BCUT2D eigenvalue weighted by molar-refractivity contribution is 0.0205. The van der Waals surface area contributed by atoms with Crippen molar-refractivity contribution in [2.24, 2.45) is 10.4 Å². The van der Waals surface area contributed by atoms with Gasteiger partial charge in [-0.3, -0.25) is 4.99 Å². The zero-order valence-corrected chi connectivity index (χ0v) is 14.8. The number of ether oxygens (including phenoxy) is 1. The minimum Gasteiger partial charge on any atom is -0.379 e. The second-order valence-electron chi connectivity index (χ2n) is 7.10. The van der Waals surface area contributed by atoms with Gasteiger partial charge in [-0.1, -0.05) is 20.8 Å². The van der Waals surface area contributed by atoms with Crippen molar-refractivity contribution >= 4 is 5.96 Å². The van der Waals surface area contributed by atoms with E-state index in [0.717, 1.165) is 19.0 Å². The Hall–Kier alpha value is -0.810. The maximum Gasteiger partial charge on any atom is 0.191 e. The predicted octanol–water partition coefficient (Wildman–Crippen LogP) is 1.55.